The van der Waals surface area contributed by atoms with Crippen molar-refractivity contribution in [3.05, 3.63) is 59.2 Å². The Morgan fingerprint density at radius 1 is 1.00 bits per heavy atom. The van der Waals surface area contributed by atoms with Gasteiger partial charge in [-0.05, 0) is 42.7 Å². The van der Waals surface area contributed by atoms with E-state index in [1.165, 1.54) is 26.5 Å². The molecule has 0 unspecified atom stereocenters. The van der Waals surface area contributed by atoms with E-state index >= 15 is 0 Å². The van der Waals surface area contributed by atoms with Crippen molar-refractivity contribution in [2.75, 3.05) is 20.3 Å². The summed E-state index contributed by atoms with van der Waals surface area (Å²) in [6, 6.07) is 15.2. The molecule has 0 aliphatic rings. The standard InChI is InChI=1S/C18H23NOS/c1-14-6-4-5-7-17(14)21-18-9-8-16(12-15(18)2)13-19-10-11-20-3/h4-9,12,19H,10-11,13H2,1-3H3. The number of aryl methyl sites for hydroxylation is 2. The summed E-state index contributed by atoms with van der Waals surface area (Å²) in [6.07, 6.45) is 0. The SMILES string of the molecule is COCCNCc1ccc(Sc2ccccc2C)c(C)c1. The van der Waals surface area contributed by atoms with Gasteiger partial charge in [0.1, 0.15) is 0 Å². The fraction of sp³-hybridized carbons (Fsp3) is 0.333. The van der Waals surface area contributed by atoms with Crippen molar-refractivity contribution in [3.63, 3.8) is 0 Å². The van der Waals surface area contributed by atoms with E-state index in [0.717, 1.165) is 19.7 Å². The van der Waals surface area contributed by atoms with Crippen LogP contribution in [0.25, 0.3) is 0 Å². The van der Waals surface area contributed by atoms with E-state index < -0.39 is 0 Å². The Morgan fingerprint density at radius 3 is 2.48 bits per heavy atom. The number of hydrogen-bond acceptors (Lipinski definition) is 3. The van der Waals surface area contributed by atoms with Gasteiger partial charge >= 0.3 is 0 Å². The summed E-state index contributed by atoms with van der Waals surface area (Å²) in [6.45, 7) is 6.86. The Kier molecular flexibility index (Phi) is 6.30. The molecule has 0 spiro atoms. The van der Waals surface area contributed by atoms with Crippen LogP contribution in [0.4, 0.5) is 0 Å². The van der Waals surface area contributed by atoms with Crippen LogP contribution in [0.2, 0.25) is 0 Å². The average molecular weight is 301 g/mol. The van der Waals surface area contributed by atoms with Crippen LogP contribution in [-0.2, 0) is 11.3 Å². The molecule has 2 nitrogen and oxygen atoms in total. The molecule has 0 atom stereocenters. The minimum atomic E-state index is 0.750. The van der Waals surface area contributed by atoms with Gasteiger partial charge in [0, 0.05) is 30.0 Å². The molecule has 0 saturated carbocycles. The number of methoxy groups -OCH3 is 1. The van der Waals surface area contributed by atoms with Gasteiger partial charge in [-0.15, -0.1) is 0 Å². The van der Waals surface area contributed by atoms with Gasteiger partial charge in [-0.1, -0.05) is 42.1 Å². The van der Waals surface area contributed by atoms with Gasteiger partial charge in [-0.25, -0.2) is 0 Å². The molecule has 2 rings (SSSR count). The topological polar surface area (TPSA) is 21.3 Å². The molecule has 0 aliphatic heterocycles. The predicted molar refractivity (Wildman–Crippen MR) is 90.1 cm³/mol. The molecule has 112 valence electrons. The van der Waals surface area contributed by atoms with Crippen LogP contribution in [0.3, 0.4) is 0 Å². The Morgan fingerprint density at radius 2 is 1.76 bits per heavy atom. The van der Waals surface area contributed by atoms with Gasteiger partial charge < -0.3 is 10.1 Å². The normalized spacial score (nSPS) is 10.8. The van der Waals surface area contributed by atoms with Crippen molar-refractivity contribution in [1.82, 2.24) is 5.32 Å². The van der Waals surface area contributed by atoms with Crippen LogP contribution < -0.4 is 5.32 Å². The van der Waals surface area contributed by atoms with Crippen LogP contribution in [-0.4, -0.2) is 20.3 Å². The summed E-state index contributed by atoms with van der Waals surface area (Å²) >= 11 is 1.84. The molecular weight excluding hydrogens is 278 g/mol. The van der Waals surface area contributed by atoms with E-state index in [9.17, 15) is 0 Å². The van der Waals surface area contributed by atoms with E-state index in [1.54, 1.807) is 7.11 Å². The first-order chi connectivity index (χ1) is 10.2. The molecule has 0 heterocycles. The third-order valence-corrected chi connectivity index (χ3v) is 4.72. The molecule has 0 bridgehead atoms. The van der Waals surface area contributed by atoms with Crippen molar-refractivity contribution in [2.45, 2.75) is 30.2 Å². The second kappa shape index (κ2) is 8.23. The highest BCUT2D eigenvalue weighted by Crippen LogP contribution is 2.32. The van der Waals surface area contributed by atoms with Gasteiger partial charge in [0.25, 0.3) is 0 Å². The van der Waals surface area contributed by atoms with E-state index in [4.69, 9.17) is 4.74 Å². The van der Waals surface area contributed by atoms with Gasteiger partial charge in [0.05, 0.1) is 6.61 Å². The van der Waals surface area contributed by atoms with Gasteiger partial charge in [0.15, 0.2) is 0 Å². The Balaban J connectivity index is 2.01. The minimum Gasteiger partial charge on any atom is -0.383 e. The van der Waals surface area contributed by atoms with Crippen LogP contribution >= 0.6 is 11.8 Å². The Hall–Kier alpha value is -1.29. The maximum Gasteiger partial charge on any atom is 0.0587 e. The lowest BCUT2D eigenvalue weighted by Crippen LogP contribution is -2.18. The maximum absolute atomic E-state index is 5.03. The zero-order valence-corrected chi connectivity index (χ0v) is 13.8. The molecule has 0 radical (unpaired) electrons. The Labute approximate surface area is 131 Å². The number of rotatable bonds is 7. The minimum absolute atomic E-state index is 0.750. The summed E-state index contributed by atoms with van der Waals surface area (Å²) < 4.78 is 5.03. The van der Waals surface area contributed by atoms with Crippen LogP contribution in [0.1, 0.15) is 16.7 Å². The lowest BCUT2D eigenvalue weighted by molar-refractivity contribution is 0.199. The highest BCUT2D eigenvalue weighted by atomic mass is 32.2. The molecule has 1 N–H and O–H groups in total. The first-order valence-electron chi connectivity index (χ1n) is 7.23. The molecule has 0 saturated heterocycles. The first-order valence-corrected chi connectivity index (χ1v) is 8.05. The quantitative estimate of drug-likeness (QED) is 0.775. The lowest BCUT2D eigenvalue weighted by Gasteiger charge is -2.10. The van der Waals surface area contributed by atoms with E-state index in [1.807, 2.05) is 11.8 Å². The van der Waals surface area contributed by atoms with Crippen molar-refractivity contribution in [1.29, 1.82) is 0 Å². The summed E-state index contributed by atoms with van der Waals surface area (Å²) in [7, 11) is 1.73. The highest BCUT2D eigenvalue weighted by Gasteiger charge is 2.04. The third-order valence-electron chi connectivity index (χ3n) is 3.36. The highest BCUT2D eigenvalue weighted by molar-refractivity contribution is 7.99. The van der Waals surface area contributed by atoms with Crippen molar-refractivity contribution >= 4 is 11.8 Å². The molecule has 0 aromatic heterocycles. The zero-order valence-electron chi connectivity index (χ0n) is 13.0. The predicted octanol–water partition coefficient (Wildman–Crippen LogP) is 4.19. The maximum atomic E-state index is 5.03. The summed E-state index contributed by atoms with van der Waals surface area (Å²) in [5, 5.41) is 3.38. The van der Waals surface area contributed by atoms with Gasteiger partial charge in [-0.3, -0.25) is 0 Å². The van der Waals surface area contributed by atoms with Crippen molar-refractivity contribution in [2.24, 2.45) is 0 Å². The van der Waals surface area contributed by atoms with Crippen LogP contribution in [0.5, 0.6) is 0 Å². The molecular formula is C18H23NOS. The van der Waals surface area contributed by atoms with E-state index in [0.29, 0.717) is 0 Å². The fourth-order valence-corrected chi connectivity index (χ4v) is 3.10. The summed E-state index contributed by atoms with van der Waals surface area (Å²) in [4.78, 5) is 2.65. The first kappa shape index (κ1) is 16.1. The zero-order chi connectivity index (χ0) is 15.1. The van der Waals surface area contributed by atoms with E-state index in [2.05, 4.69) is 61.6 Å². The smallest absolute Gasteiger partial charge is 0.0587 e. The third kappa shape index (κ3) is 4.88. The summed E-state index contributed by atoms with van der Waals surface area (Å²) in [5.74, 6) is 0. The van der Waals surface area contributed by atoms with Crippen LogP contribution in [0.15, 0.2) is 52.3 Å². The van der Waals surface area contributed by atoms with Crippen molar-refractivity contribution in [3.8, 4) is 0 Å². The number of nitrogens with one attached hydrogen (secondary N) is 1. The van der Waals surface area contributed by atoms with Gasteiger partial charge in [-0.2, -0.15) is 0 Å². The number of benzene rings is 2. The number of hydrogen-bond donors (Lipinski definition) is 1. The molecule has 0 fully saturated rings. The molecule has 21 heavy (non-hydrogen) atoms. The molecule has 0 aliphatic carbocycles. The monoisotopic (exact) mass is 301 g/mol. The van der Waals surface area contributed by atoms with Crippen LogP contribution in [0, 0.1) is 13.8 Å². The molecule has 2 aromatic rings. The molecule has 2 aromatic carbocycles. The molecule has 0 amide bonds. The van der Waals surface area contributed by atoms with E-state index in [-0.39, 0.29) is 0 Å². The van der Waals surface area contributed by atoms with Gasteiger partial charge in [0.2, 0.25) is 0 Å². The second-order valence-electron chi connectivity index (χ2n) is 5.14. The second-order valence-corrected chi connectivity index (χ2v) is 6.22. The van der Waals surface area contributed by atoms with Crippen molar-refractivity contribution < 1.29 is 4.74 Å². The fourth-order valence-electron chi connectivity index (χ4n) is 2.13. The molecule has 3 heteroatoms. The largest absolute Gasteiger partial charge is 0.383 e. The number of ether oxygens (including phenoxy) is 1. The lowest BCUT2D eigenvalue weighted by atomic mass is 10.1. The Bertz CT molecular complexity index is 583. The summed E-state index contributed by atoms with van der Waals surface area (Å²) in [5.41, 5.74) is 3.97. The average Bonchev–Trinajstić information content (AvgIpc) is 2.48.